The minimum absolute atomic E-state index is 0.147. The summed E-state index contributed by atoms with van der Waals surface area (Å²) >= 11 is 1.13. The lowest BCUT2D eigenvalue weighted by Gasteiger charge is -2.20. The smallest absolute Gasteiger partial charge is 0.247 e. The maximum absolute atomic E-state index is 12.6. The van der Waals surface area contributed by atoms with Gasteiger partial charge in [0.1, 0.15) is 17.9 Å². The van der Waals surface area contributed by atoms with Crippen LogP contribution in [0.15, 0.2) is 52.9 Å². The number of anilines is 1. The zero-order chi connectivity index (χ0) is 19.6. The molecule has 3 aromatic rings. The van der Waals surface area contributed by atoms with Gasteiger partial charge in [0.15, 0.2) is 15.3 Å². The molecule has 7 nitrogen and oxygen atoms in total. The lowest BCUT2D eigenvalue weighted by Crippen LogP contribution is -2.25. The molecule has 0 amide bonds. The van der Waals surface area contributed by atoms with Gasteiger partial charge in [0.05, 0.1) is 0 Å². The second-order valence-corrected chi connectivity index (χ2v) is 9.12. The van der Waals surface area contributed by atoms with Crippen molar-refractivity contribution in [2.24, 2.45) is 0 Å². The number of fused-ring (bicyclic) bond motifs is 1. The predicted octanol–water partition coefficient (Wildman–Crippen LogP) is 3.26. The molecular formula is C19H20N4O3S2. The van der Waals surface area contributed by atoms with E-state index in [0.29, 0.717) is 18.9 Å². The van der Waals surface area contributed by atoms with Gasteiger partial charge in [-0.3, -0.25) is 4.90 Å². The highest BCUT2D eigenvalue weighted by molar-refractivity contribution is 7.99. The second kappa shape index (κ2) is 7.96. The molecule has 2 heterocycles. The van der Waals surface area contributed by atoms with Gasteiger partial charge in [-0.25, -0.2) is 0 Å². The van der Waals surface area contributed by atoms with E-state index in [4.69, 9.17) is 4.74 Å². The standard InChI is InChI=1S/C19H20N4O3S2/c1-14-4-2-3-5-15(14)11-23-8-9-26-18-10-17(7-6-16(18)12-23)28(24,25)22-19-21-20-13-27-19/h2-7,10,13H,8-9,11-12H2,1H3,(H-,21,22,24,25). The molecule has 1 N–H and O–H groups in total. The number of aromatic nitrogens is 2. The Balaban J connectivity index is 1.53. The van der Waals surface area contributed by atoms with Crippen molar-refractivity contribution >= 4 is 26.9 Å². The molecule has 0 saturated heterocycles. The molecule has 1 atom stereocenters. The average Bonchev–Trinajstić information content (AvgIpc) is 3.08. The van der Waals surface area contributed by atoms with E-state index >= 15 is 0 Å². The summed E-state index contributed by atoms with van der Waals surface area (Å²) < 4.78 is 33.4. The van der Waals surface area contributed by atoms with E-state index in [-0.39, 0.29) is 10.0 Å². The van der Waals surface area contributed by atoms with Crippen LogP contribution >= 0.6 is 11.3 Å². The molecule has 1 aromatic heterocycles. The Morgan fingerprint density at radius 3 is 2.96 bits per heavy atom. The number of nitrogens with zero attached hydrogens (tertiary/aromatic N) is 3. The van der Waals surface area contributed by atoms with E-state index in [2.05, 4.69) is 38.9 Å². The number of ether oxygens (including phenoxy) is 1. The largest absolute Gasteiger partial charge is 0.588 e. The summed E-state index contributed by atoms with van der Waals surface area (Å²) in [5.41, 5.74) is 4.99. The van der Waals surface area contributed by atoms with Crippen molar-refractivity contribution in [2.45, 2.75) is 24.9 Å². The number of hydrogen-bond donors (Lipinski definition) is 1. The molecule has 2 aromatic carbocycles. The Hall–Kier alpha value is -2.33. The first-order chi connectivity index (χ1) is 13.5. The fraction of sp³-hybridized carbons (Fsp3) is 0.263. The van der Waals surface area contributed by atoms with Gasteiger partial charge in [-0.1, -0.05) is 39.8 Å². The minimum atomic E-state index is -3.73. The van der Waals surface area contributed by atoms with Crippen molar-refractivity contribution in [2.75, 3.05) is 17.9 Å². The van der Waals surface area contributed by atoms with E-state index in [0.717, 1.165) is 30.0 Å². The van der Waals surface area contributed by atoms with Gasteiger partial charge in [-0.2, -0.15) is 4.72 Å². The first-order valence-corrected chi connectivity index (χ1v) is 11.2. The van der Waals surface area contributed by atoms with Gasteiger partial charge in [0, 0.05) is 31.3 Å². The van der Waals surface area contributed by atoms with Crippen LogP contribution in [0.1, 0.15) is 16.7 Å². The topological polar surface area (TPSA) is 90.4 Å². The van der Waals surface area contributed by atoms with E-state index in [1.807, 2.05) is 18.2 Å². The molecule has 1 aliphatic rings. The summed E-state index contributed by atoms with van der Waals surface area (Å²) in [6.07, 6.45) is 0. The normalized spacial score (nSPS) is 16.5. The summed E-state index contributed by atoms with van der Waals surface area (Å²) in [6, 6.07) is 13.3. The summed E-state index contributed by atoms with van der Waals surface area (Å²) in [5.74, 6) is 0.604. The van der Waals surface area contributed by atoms with Crippen molar-refractivity contribution < 1.29 is 13.5 Å². The van der Waals surface area contributed by atoms with E-state index in [1.54, 1.807) is 12.1 Å². The first-order valence-electron chi connectivity index (χ1n) is 8.83. The Labute approximate surface area is 168 Å². The molecule has 0 bridgehead atoms. The quantitative estimate of drug-likeness (QED) is 0.642. The van der Waals surface area contributed by atoms with Crippen LogP contribution in [0.5, 0.6) is 5.75 Å². The number of nitrogens with one attached hydrogen (secondary N) is 1. The molecule has 0 spiro atoms. The Morgan fingerprint density at radius 2 is 2.18 bits per heavy atom. The molecule has 146 valence electrons. The summed E-state index contributed by atoms with van der Waals surface area (Å²) in [4.78, 5) is 2.45. The average molecular weight is 417 g/mol. The molecule has 4 rings (SSSR count). The molecule has 0 fully saturated rings. The fourth-order valence-electron chi connectivity index (χ4n) is 3.13. The predicted molar refractivity (Wildman–Crippen MR) is 108 cm³/mol. The minimum Gasteiger partial charge on any atom is -0.588 e. The number of rotatable bonds is 5. The highest BCUT2D eigenvalue weighted by atomic mass is 32.3. The SMILES string of the molecule is Cc1ccccc1CN1CCOc2cc([S+](=O)([O-])Nc3nncs3)ccc2C1. The number of benzene rings is 2. The van der Waals surface area contributed by atoms with E-state index in [1.165, 1.54) is 16.6 Å². The van der Waals surface area contributed by atoms with E-state index in [9.17, 15) is 8.76 Å². The van der Waals surface area contributed by atoms with Crippen LogP contribution in [-0.2, 0) is 27.7 Å². The van der Waals surface area contributed by atoms with Gasteiger partial charge < -0.3 is 9.29 Å². The van der Waals surface area contributed by atoms with Crippen LogP contribution in [0, 0.1) is 6.92 Å². The molecule has 0 saturated carbocycles. The maximum atomic E-state index is 12.6. The highest BCUT2D eigenvalue weighted by Gasteiger charge is 2.25. The Morgan fingerprint density at radius 1 is 1.32 bits per heavy atom. The van der Waals surface area contributed by atoms with Crippen LogP contribution < -0.4 is 9.46 Å². The van der Waals surface area contributed by atoms with Crippen molar-refractivity contribution in [3.05, 3.63) is 64.7 Å². The monoisotopic (exact) mass is 416 g/mol. The maximum Gasteiger partial charge on any atom is 0.247 e. The van der Waals surface area contributed by atoms with E-state index < -0.39 is 10.4 Å². The molecule has 1 unspecified atom stereocenters. The lowest BCUT2D eigenvalue weighted by molar-refractivity contribution is 0.219. The summed E-state index contributed by atoms with van der Waals surface area (Å²) in [6.45, 7) is 4.92. The van der Waals surface area contributed by atoms with Gasteiger partial charge in [0.2, 0.25) is 5.13 Å². The molecule has 1 aliphatic heterocycles. The summed E-state index contributed by atoms with van der Waals surface area (Å²) in [5, 5.41) is 7.61. The summed E-state index contributed by atoms with van der Waals surface area (Å²) in [7, 11) is -3.73. The number of hydrogen-bond acceptors (Lipinski definition) is 7. The molecular weight excluding hydrogens is 396 g/mol. The van der Waals surface area contributed by atoms with Crippen molar-refractivity contribution in [3.63, 3.8) is 0 Å². The van der Waals surface area contributed by atoms with Gasteiger partial charge in [-0.05, 0) is 30.2 Å². The first kappa shape index (κ1) is 19.0. The Bertz CT molecular complexity index is 1010. The zero-order valence-corrected chi connectivity index (χ0v) is 17.0. The van der Waals surface area contributed by atoms with Crippen LogP contribution in [0.25, 0.3) is 0 Å². The van der Waals surface area contributed by atoms with Gasteiger partial charge >= 0.3 is 0 Å². The van der Waals surface area contributed by atoms with Crippen molar-refractivity contribution in [1.82, 2.24) is 15.1 Å². The zero-order valence-electron chi connectivity index (χ0n) is 15.3. The third-order valence-corrected chi connectivity index (χ3v) is 6.72. The Kier molecular flexibility index (Phi) is 5.40. The van der Waals surface area contributed by atoms with Gasteiger partial charge in [0.25, 0.3) is 0 Å². The third-order valence-electron chi connectivity index (χ3n) is 4.64. The van der Waals surface area contributed by atoms with Crippen LogP contribution in [0.2, 0.25) is 0 Å². The van der Waals surface area contributed by atoms with Crippen LogP contribution in [-0.4, -0.2) is 32.8 Å². The molecule has 0 aliphatic carbocycles. The van der Waals surface area contributed by atoms with Crippen LogP contribution in [0.4, 0.5) is 5.13 Å². The van der Waals surface area contributed by atoms with Crippen molar-refractivity contribution in [3.8, 4) is 5.75 Å². The van der Waals surface area contributed by atoms with Crippen molar-refractivity contribution in [1.29, 1.82) is 0 Å². The number of aryl methyl sites for hydroxylation is 1. The molecule has 9 heteroatoms. The lowest BCUT2D eigenvalue weighted by atomic mass is 10.1. The second-order valence-electron chi connectivity index (χ2n) is 6.60. The fourth-order valence-corrected chi connectivity index (χ4v) is 4.83. The van der Waals surface area contributed by atoms with Gasteiger partial charge in [-0.15, -0.1) is 10.2 Å². The van der Waals surface area contributed by atoms with Crippen LogP contribution in [0.3, 0.4) is 0 Å². The third kappa shape index (κ3) is 4.22. The number of sulfonamides is 1. The highest BCUT2D eigenvalue weighted by Crippen LogP contribution is 2.30. The molecule has 28 heavy (non-hydrogen) atoms. The molecule has 0 radical (unpaired) electrons.